The third-order valence-electron chi connectivity index (χ3n) is 3.81. The predicted molar refractivity (Wildman–Crippen MR) is 87.1 cm³/mol. The molecule has 1 aliphatic rings. The number of aryl methyl sites for hydroxylation is 1. The van der Waals surface area contributed by atoms with Crippen LogP contribution in [-0.4, -0.2) is 40.3 Å². The molecule has 0 radical (unpaired) electrons. The Labute approximate surface area is 136 Å². The molecule has 1 aliphatic heterocycles. The second-order valence-corrected chi connectivity index (χ2v) is 7.90. The van der Waals surface area contributed by atoms with Gasteiger partial charge in [-0.05, 0) is 40.5 Å². The van der Waals surface area contributed by atoms with Crippen LogP contribution in [0.25, 0.3) is 0 Å². The average Bonchev–Trinajstić information content (AvgIpc) is 3.02. The lowest BCUT2D eigenvalue weighted by Gasteiger charge is -2.29. The SMILES string of the molecule is CCC1(OCc2csc(C)n2)CCN(C(=O)OC(C)(C)C)C1. The number of nitrogens with zero attached hydrogens (tertiary/aromatic N) is 2. The van der Waals surface area contributed by atoms with Crippen LogP contribution < -0.4 is 0 Å². The summed E-state index contributed by atoms with van der Waals surface area (Å²) in [6.07, 6.45) is 1.46. The van der Waals surface area contributed by atoms with Crippen LogP contribution in [-0.2, 0) is 16.1 Å². The quantitative estimate of drug-likeness (QED) is 0.845. The highest BCUT2D eigenvalue weighted by atomic mass is 32.1. The minimum absolute atomic E-state index is 0.254. The van der Waals surface area contributed by atoms with Gasteiger partial charge in [0, 0.05) is 11.9 Å². The van der Waals surface area contributed by atoms with Crippen molar-refractivity contribution >= 4 is 17.4 Å². The highest BCUT2D eigenvalue weighted by molar-refractivity contribution is 7.09. The van der Waals surface area contributed by atoms with Crippen molar-refractivity contribution in [1.82, 2.24) is 9.88 Å². The second kappa shape index (κ2) is 6.54. The van der Waals surface area contributed by atoms with Crippen molar-refractivity contribution in [3.8, 4) is 0 Å². The van der Waals surface area contributed by atoms with E-state index >= 15 is 0 Å². The van der Waals surface area contributed by atoms with Crippen molar-refractivity contribution in [2.24, 2.45) is 0 Å². The molecule has 1 amide bonds. The van der Waals surface area contributed by atoms with Gasteiger partial charge in [0.25, 0.3) is 0 Å². The third-order valence-corrected chi connectivity index (χ3v) is 4.63. The minimum atomic E-state index is -0.465. The van der Waals surface area contributed by atoms with E-state index in [1.54, 1.807) is 16.2 Å². The van der Waals surface area contributed by atoms with E-state index in [9.17, 15) is 4.79 Å². The van der Waals surface area contributed by atoms with Gasteiger partial charge in [-0.25, -0.2) is 9.78 Å². The second-order valence-electron chi connectivity index (χ2n) is 6.83. The molecule has 1 aromatic rings. The van der Waals surface area contributed by atoms with Crippen LogP contribution in [0.15, 0.2) is 5.38 Å². The van der Waals surface area contributed by atoms with Crippen molar-refractivity contribution < 1.29 is 14.3 Å². The monoisotopic (exact) mass is 326 g/mol. The number of aromatic nitrogens is 1. The van der Waals surface area contributed by atoms with E-state index in [2.05, 4.69) is 11.9 Å². The first-order valence-electron chi connectivity index (χ1n) is 7.76. The van der Waals surface area contributed by atoms with Gasteiger partial charge < -0.3 is 14.4 Å². The first-order valence-corrected chi connectivity index (χ1v) is 8.64. The zero-order valence-electron chi connectivity index (χ0n) is 14.1. The highest BCUT2D eigenvalue weighted by Crippen LogP contribution is 2.31. The molecule has 1 unspecified atom stereocenters. The fourth-order valence-electron chi connectivity index (χ4n) is 2.54. The molecule has 0 bridgehead atoms. The van der Waals surface area contributed by atoms with Crippen LogP contribution in [0.2, 0.25) is 0 Å². The number of carbonyl (C=O) groups excluding carboxylic acids is 1. The van der Waals surface area contributed by atoms with E-state index < -0.39 is 5.60 Å². The fourth-order valence-corrected chi connectivity index (χ4v) is 3.13. The van der Waals surface area contributed by atoms with Crippen LogP contribution >= 0.6 is 11.3 Å². The van der Waals surface area contributed by atoms with Crippen LogP contribution in [0.5, 0.6) is 0 Å². The van der Waals surface area contributed by atoms with E-state index in [0.717, 1.165) is 23.5 Å². The molecular formula is C16H26N2O3S. The number of rotatable bonds is 4. The minimum Gasteiger partial charge on any atom is -0.444 e. The number of hydrogen-bond donors (Lipinski definition) is 0. The Morgan fingerprint density at radius 3 is 2.77 bits per heavy atom. The van der Waals surface area contributed by atoms with Gasteiger partial charge in [-0.1, -0.05) is 6.92 Å². The number of hydrogen-bond acceptors (Lipinski definition) is 5. The largest absolute Gasteiger partial charge is 0.444 e. The average molecular weight is 326 g/mol. The Morgan fingerprint density at radius 2 is 2.23 bits per heavy atom. The summed E-state index contributed by atoms with van der Waals surface area (Å²) in [5.74, 6) is 0. The van der Waals surface area contributed by atoms with E-state index in [-0.39, 0.29) is 11.7 Å². The van der Waals surface area contributed by atoms with Gasteiger partial charge in [0.2, 0.25) is 0 Å². The molecule has 0 saturated carbocycles. The molecule has 1 atom stereocenters. The van der Waals surface area contributed by atoms with Gasteiger partial charge >= 0.3 is 6.09 Å². The Morgan fingerprint density at radius 1 is 1.50 bits per heavy atom. The van der Waals surface area contributed by atoms with Gasteiger partial charge in [0.05, 0.1) is 29.5 Å². The molecule has 22 heavy (non-hydrogen) atoms. The number of amides is 1. The Kier molecular flexibility index (Phi) is 5.12. The maximum atomic E-state index is 12.2. The normalized spacial score (nSPS) is 22.1. The van der Waals surface area contributed by atoms with Crippen molar-refractivity contribution in [1.29, 1.82) is 0 Å². The molecule has 0 aromatic carbocycles. The maximum Gasteiger partial charge on any atom is 0.410 e. The number of thiazole rings is 1. The van der Waals surface area contributed by atoms with Gasteiger partial charge in [-0.2, -0.15) is 0 Å². The van der Waals surface area contributed by atoms with E-state index in [1.807, 2.05) is 33.1 Å². The van der Waals surface area contributed by atoms with Gasteiger partial charge in [-0.3, -0.25) is 0 Å². The highest BCUT2D eigenvalue weighted by Gasteiger charge is 2.41. The molecule has 1 saturated heterocycles. The first kappa shape index (κ1) is 17.2. The number of ether oxygens (including phenoxy) is 2. The summed E-state index contributed by atoms with van der Waals surface area (Å²) in [5.41, 5.74) is 0.216. The molecule has 2 heterocycles. The molecule has 6 heteroatoms. The van der Waals surface area contributed by atoms with Gasteiger partial charge in [-0.15, -0.1) is 11.3 Å². The van der Waals surface area contributed by atoms with E-state index in [0.29, 0.717) is 19.7 Å². The summed E-state index contributed by atoms with van der Waals surface area (Å²) >= 11 is 1.63. The van der Waals surface area contributed by atoms with Crippen LogP contribution in [0.4, 0.5) is 4.79 Å². The van der Waals surface area contributed by atoms with E-state index in [1.165, 1.54) is 0 Å². The molecule has 2 rings (SSSR count). The summed E-state index contributed by atoms with van der Waals surface area (Å²) in [6, 6.07) is 0. The summed E-state index contributed by atoms with van der Waals surface area (Å²) < 4.78 is 11.6. The van der Waals surface area contributed by atoms with Crippen LogP contribution in [0.1, 0.15) is 51.2 Å². The molecular weight excluding hydrogens is 300 g/mol. The summed E-state index contributed by atoms with van der Waals surface area (Å²) in [4.78, 5) is 18.4. The van der Waals surface area contributed by atoms with Crippen molar-refractivity contribution in [3.63, 3.8) is 0 Å². The smallest absolute Gasteiger partial charge is 0.410 e. The zero-order valence-corrected chi connectivity index (χ0v) is 15.0. The Balaban J connectivity index is 1.93. The zero-order chi connectivity index (χ0) is 16.4. The Bertz CT molecular complexity index is 524. The van der Waals surface area contributed by atoms with Gasteiger partial charge in [0.15, 0.2) is 0 Å². The lowest BCUT2D eigenvalue weighted by molar-refractivity contribution is -0.0538. The number of likely N-dealkylation sites (tertiary alicyclic amines) is 1. The van der Waals surface area contributed by atoms with Crippen molar-refractivity contribution in [2.75, 3.05) is 13.1 Å². The Hall–Kier alpha value is -1.14. The summed E-state index contributed by atoms with van der Waals surface area (Å²) in [7, 11) is 0. The van der Waals surface area contributed by atoms with Crippen LogP contribution in [0.3, 0.4) is 0 Å². The molecule has 0 N–H and O–H groups in total. The standard InChI is InChI=1S/C16H26N2O3S/c1-6-16(20-9-13-10-22-12(2)17-13)7-8-18(11-16)14(19)21-15(3,4)5/h10H,6-9,11H2,1-5H3. The molecule has 5 nitrogen and oxygen atoms in total. The first-order chi connectivity index (χ1) is 10.2. The fraction of sp³-hybridized carbons (Fsp3) is 0.750. The molecule has 1 aromatic heterocycles. The maximum absolute atomic E-state index is 12.2. The summed E-state index contributed by atoms with van der Waals surface area (Å²) in [6.45, 7) is 11.5. The van der Waals surface area contributed by atoms with Crippen LogP contribution in [0, 0.1) is 6.92 Å². The summed E-state index contributed by atoms with van der Waals surface area (Å²) in [5, 5.41) is 3.07. The van der Waals surface area contributed by atoms with Crippen molar-refractivity contribution in [3.05, 3.63) is 16.1 Å². The molecule has 0 aliphatic carbocycles. The predicted octanol–water partition coefficient (Wildman–Crippen LogP) is 3.76. The van der Waals surface area contributed by atoms with Crippen molar-refractivity contribution in [2.45, 2.75) is 65.3 Å². The third kappa shape index (κ3) is 4.43. The molecule has 1 fully saturated rings. The lowest BCUT2D eigenvalue weighted by atomic mass is 10.00. The molecule has 124 valence electrons. The molecule has 0 spiro atoms. The number of carbonyl (C=O) groups is 1. The topological polar surface area (TPSA) is 51.7 Å². The van der Waals surface area contributed by atoms with E-state index in [4.69, 9.17) is 9.47 Å². The van der Waals surface area contributed by atoms with Gasteiger partial charge in [0.1, 0.15) is 5.60 Å². The lowest BCUT2D eigenvalue weighted by Crippen LogP contribution is -2.40.